The average Bonchev–Trinajstić information content (AvgIpc) is 2.76. The van der Waals surface area contributed by atoms with Crippen LogP contribution in [0.15, 0.2) is 15.9 Å². The molecule has 1 saturated carbocycles. The molecule has 0 saturated heterocycles. The molecular formula is C13H20BrNOS. The molecule has 17 heavy (non-hydrogen) atoms. The highest BCUT2D eigenvalue weighted by Gasteiger charge is 2.38. The summed E-state index contributed by atoms with van der Waals surface area (Å²) in [5.41, 5.74) is 6.32. The van der Waals surface area contributed by atoms with Crippen LogP contribution in [0.25, 0.3) is 0 Å². The summed E-state index contributed by atoms with van der Waals surface area (Å²) in [5.74, 6) is 0. The molecule has 0 bridgehead atoms. The van der Waals surface area contributed by atoms with E-state index in [1.54, 1.807) is 11.3 Å². The molecule has 2 rings (SSSR count). The Hall–Kier alpha value is 0.100. The molecule has 1 aromatic heterocycles. The number of nitrogens with two attached hydrogens (primary N) is 1. The van der Waals surface area contributed by atoms with Crippen molar-refractivity contribution in [3.8, 4) is 0 Å². The van der Waals surface area contributed by atoms with Crippen molar-refractivity contribution >= 4 is 27.3 Å². The van der Waals surface area contributed by atoms with Crippen molar-refractivity contribution < 1.29 is 4.74 Å². The fraction of sp³-hybridized carbons (Fsp3) is 0.692. The molecule has 1 heterocycles. The van der Waals surface area contributed by atoms with E-state index in [1.807, 2.05) is 7.11 Å². The summed E-state index contributed by atoms with van der Waals surface area (Å²) in [6.45, 7) is 0. The van der Waals surface area contributed by atoms with Gasteiger partial charge in [0.25, 0.3) is 0 Å². The van der Waals surface area contributed by atoms with E-state index in [1.165, 1.54) is 28.6 Å². The quantitative estimate of drug-likeness (QED) is 0.918. The first kappa shape index (κ1) is 13.5. The maximum Gasteiger partial charge on any atom is 0.0832 e. The number of hydrogen-bond donors (Lipinski definition) is 1. The highest BCUT2D eigenvalue weighted by Crippen LogP contribution is 2.35. The van der Waals surface area contributed by atoms with Crippen LogP contribution in [0, 0.1) is 0 Å². The predicted molar refractivity (Wildman–Crippen MR) is 76.5 cm³/mol. The van der Waals surface area contributed by atoms with Gasteiger partial charge in [-0.3, -0.25) is 0 Å². The second-order valence-electron chi connectivity index (χ2n) is 4.83. The number of rotatable bonds is 4. The third-order valence-electron chi connectivity index (χ3n) is 3.88. The molecule has 1 fully saturated rings. The Balaban J connectivity index is 2.07. The molecule has 0 spiro atoms. The standard InChI is InChI=1S/C13H20BrNOS/c1-16-13(6-3-2-4-7-13)12(15)9-11-10(14)5-8-17-11/h5,8,12H,2-4,6-7,9,15H2,1H3. The van der Waals surface area contributed by atoms with Gasteiger partial charge in [0.15, 0.2) is 0 Å². The molecule has 1 aliphatic carbocycles. The summed E-state index contributed by atoms with van der Waals surface area (Å²) in [7, 11) is 1.81. The van der Waals surface area contributed by atoms with Gasteiger partial charge in [0.1, 0.15) is 0 Å². The van der Waals surface area contributed by atoms with Gasteiger partial charge in [-0.25, -0.2) is 0 Å². The number of ether oxygens (including phenoxy) is 1. The minimum Gasteiger partial charge on any atom is -0.377 e. The van der Waals surface area contributed by atoms with E-state index in [9.17, 15) is 0 Å². The topological polar surface area (TPSA) is 35.2 Å². The minimum absolute atomic E-state index is 0.0956. The monoisotopic (exact) mass is 317 g/mol. The van der Waals surface area contributed by atoms with E-state index in [4.69, 9.17) is 10.5 Å². The van der Waals surface area contributed by atoms with Gasteiger partial charge in [0, 0.05) is 28.9 Å². The molecule has 2 nitrogen and oxygen atoms in total. The van der Waals surface area contributed by atoms with Crippen LogP contribution in [0.2, 0.25) is 0 Å². The summed E-state index contributed by atoms with van der Waals surface area (Å²) >= 11 is 5.34. The Kier molecular flexibility index (Phi) is 4.64. The van der Waals surface area contributed by atoms with Crippen LogP contribution in [-0.2, 0) is 11.2 Å². The van der Waals surface area contributed by atoms with Crippen LogP contribution in [-0.4, -0.2) is 18.8 Å². The van der Waals surface area contributed by atoms with Gasteiger partial charge in [-0.05, 0) is 40.2 Å². The van der Waals surface area contributed by atoms with Crippen LogP contribution >= 0.6 is 27.3 Å². The SMILES string of the molecule is COC1(C(N)Cc2sccc2Br)CCCCC1. The predicted octanol–water partition coefficient (Wildman–Crippen LogP) is 3.73. The van der Waals surface area contributed by atoms with Crippen molar-refractivity contribution in [2.24, 2.45) is 5.73 Å². The van der Waals surface area contributed by atoms with E-state index < -0.39 is 0 Å². The van der Waals surface area contributed by atoms with Gasteiger partial charge < -0.3 is 10.5 Å². The highest BCUT2D eigenvalue weighted by molar-refractivity contribution is 9.10. The van der Waals surface area contributed by atoms with Gasteiger partial charge in [-0.1, -0.05) is 19.3 Å². The molecule has 0 radical (unpaired) electrons. The molecule has 1 unspecified atom stereocenters. The van der Waals surface area contributed by atoms with Gasteiger partial charge >= 0.3 is 0 Å². The first-order valence-electron chi connectivity index (χ1n) is 6.20. The lowest BCUT2D eigenvalue weighted by molar-refractivity contribution is -0.0581. The normalized spacial score (nSPS) is 21.4. The van der Waals surface area contributed by atoms with Crippen molar-refractivity contribution in [3.63, 3.8) is 0 Å². The molecule has 96 valence electrons. The van der Waals surface area contributed by atoms with Gasteiger partial charge in [-0.15, -0.1) is 11.3 Å². The Bertz CT molecular complexity index is 360. The third kappa shape index (κ3) is 2.92. The zero-order chi connectivity index (χ0) is 12.3. The van der Waals surface area contributed by atoms with E-state index in [2.05, 4.69) is 27.4 Å². The van der Waals surface area contributed by atoms with E-state index in [0.717, 1.165) is 19.3 Å². The Labute approximate surface area is 116 Å². The molecule has 0 aromatic carbocycles. The largest absolute Gasteiger partial charge is 0.377 e. The zero-order valence-corrected chi connectivity index (χ0v) is 12.6. The smallest absolute Gasteiger partial charge is 0.0832 e. The fourth-order valence-corrected chi connectivity index (χ4v) is 4.31. The van der Waals surface area contributed by atoms with Crippen LogP contribution in [0.1, 0.15) is 37.0 Å². The Morgan fingerprint density at radius 2 is 2.18 bits per heavy atom. The lowest BCUT2D eigenvalue weighted by Gasteiger charge is -2.40. The molecule has 2 N–H and O–H groups in total. The first-order chi connectivity index (χ1) is 8.18. The minimum atomic E-state index is -0.0956. The van der Waals surface area contributed by atoms with Gasteiger partial charge in [0.05, 0.1) is 5.60 Å². The van der Waals surface area contributed by atoms with E-state index in [-0.39, 0.29) is 11.6 Å². The zero-order valence-electron chi connectivity index (χ0n) is 10.2. The van der Waals surface area contributed by atoms with Crippen molar-refractivity contribution in [3.05, 3.63) is 20.8 Å². The fourth-order valence-electron chi connectivity index (χ4n) is 2.73. The molecule has 0 aliphatic heterocycles. The highest BCUT2D eigenvalue weighted by atomic mass is 79.9. The van der Waals surface area contributed by atoms with Crippen molar-refractivity contribution in [1.29, 1.82) is 0 Å². The van der Waals surface area contributed by atoms with Crippen molar-refractivity contribution in [1.82, 2.24) is 0 Å². The second kappa shape index (κ2) is 5.83. The number of thiophene rings is 1. The summed E-state index contributed by atoms with van der Waals surface area (Å²) in [6.07, 6.45) is 6.92. The summed E-state index contributed by atoms with van der Waals surface area (Å²) < 4.78 is 6.97. The average molecular weight is 318 g/mol. The number of methoxy groups -OCH3 is 1. The number of hydrogen-bond acceptors (Lipinski definition) is 3. The molecule has 4 heteroatoms. The lowest BCUT2D eigenvalue weighted by atomic mass is 9.78. The molecule has 1 aliphatic rings. The van der Waals surface area contributed by atoms with Crippen LogP contribution in [0.5, 0.6) is 0 Å². The third-order valence-corrected chi connectivity index (χ3v) is 5.83. The summed E-state index contributed by atoms with van der Waals surface area (Å²) in [6, 6.07) is 2.19. The Morgan fingerprint density at radius 1 is 1.47 bits per heavy atom. The molecule has 1 aromatic rings. The van der Waals surface area contributed by atoms with Crippen LogP contribution < -0.4 is 5.73 Å². The second-order valence-corrected chi connectivity index (χ2v) is 6.69. The van der Waals surface area contributed by atoms with Crippen molar-refractivity contribution in [2.45, 2.75) is 50.2 Å². The van der Waals surface area contributed by atoms with Crippen LogP contribution in [0.4, 0.5) is 0 Å². The summed E-state index contributed by atoms with van der Waals surface area (Å²) in [5, 5.41) is 2.10. The van der Waals surface area contributed by atoms with Crippen LogP contribution in [0.3, 0.4) is 0 Å². The Morgan fingerprint density at radius 3 is 2.71 bits per heavy atom. The number of halogens is 1. The molecule has 1 atom stereocenters. The lowest BCUT2D eigenvalue weighted by Crippen LogP contribution is -2.51. The molecular weight excluding hydrogens is 298 g/mol. The first-order valence-corrected chi connectivity index (χ1v) is 7.88. The van der Waals surface area contributed by atoms with Gasteiger partial charge in [0.2, 0.25) is 0 Å². The van der Waals surface area contributed by atoms with Crippen molar-refractivity contribution in [2.75, 3.05) is 7.11 Å². The van der Waals surface area contributed by atoms with Gasteiger partial charge in [-0.2, -0.15) is 0 Å². The maximum absolute atomic E-state index is 6.41. The maximum atomic E-state index is 6.41. The summed E-state index contributed by atoms with van der Waals surface area (Å²) in [4.78, 5) is 1.33. The van der Waals surface area contributed by atoms with E-state index in [0.29, 0.717) is 0 Å². The van der Waals surface area contributed by atoms with E-state index >= 15 is 0 Å². The molecule has 0 amide bonds.